The Kier molecular flexibility index (Phi) is 5.16. The van der Waals surface area contributed by atoms with Gasteiger partial charge in [0.2, 0.25) is 0 Å². The lowest BCUT2D eigenvalue weighted by molar-refractivity contribution is 0.241. The van der Waals surface area contributed by atoms with Gasteiger partial charge in [-0.2, -0.15) is 5.26 Å². The van der Waals surface area contributed by atoms with Crippen LogP contribution in [0.5, 0.6) is 0 Å². The number of piperidine rings is 1. The molecule has 0 bridgehead atoms. The van der Waals surface area contributed by atoms with Crippen LogP contribution in [-0.2, 0) is 15.6 Å². The summed E-state index contributed by atoms with van der Waals surface area (Å²) < 4.78 is 24.3. The van der Waals surface area contributed by atoms with Crippen molar-refractivity contribution in [2.75, 3.05) is 25.4 Å². The van der Waals surface area contributed by atoms with Gasteiger partial charge in [-0.15, -0.1) is 0 Å². The van der Waals surface area contributed by atoms with Crippen LogP contribution in [-0.4, -0.2) is 38.7 Å². The molecule has 1 aromatic carbocycles. The Labute approximate surface area is 120 Å². The number of hydrogen-bond donors (Lipinski definition) is 0. The Balaban J connectivity index is 1.91. The standard InChI is InChI=1S/C15H20N2O2S/c16-12-14-5-4-6-15(11-14)13-20(18,19)10-9-17-7-2-1-3-8-17/h4-6,11H,1-3,7-10,13H2. The Hall–Kier alpha value is -1.38. The van der Waals surface area contributed by atoms with Crippen LogP contribution in [0.15, 0.2) is 24.3 Å². The average molecular weight is 292 g/mol. The molecule has 1 saturated heterocycles. The van der Waals surface area contributed by atoms with Crippen molar-refractivity contribution in [2.24, 2.45) is 0 Å². The molecule has 0 atom stereocenters. The quantitative estimate of drug-likeness (QED) is 0.832. The molecule has 1 aromatic rings. The summed E-state index contributed by atoms with van der Waals surface area (Å²) in [5.41, 5.74) is 1.21. The molecule has 20 heavy (non-hydrogen) atoms. The molecule has 0 radical (unpaired) electrons. The second-order valence-electron chi connectivity index (χ2n) is 5.31. The molecular formula is C15H20N2O2S. The van der Waals surface area contributed by atoms with Crippen molar-refractivity contribution in [1.29, 1.82) is 5.26 Å². The van der Waals surface area contributed by atoms with Gasteiger partial charge in [0.1, 0.15) is 0 Å². The SMILES string of the molecule is N#Cc1cccc(CS(=O)(=O)CCN2CCCCC2)c1. The molecule has 1 fully saturated rings. The summed E-state index contributed by atoms with van der Waals surface area (Å²) in [7, 11) is -3.11. The van der Waals surface area contributed by atoms with Crippen molar-refractivity contribution in [3.63, 3.8) is 0 Å². The maximum Gasteiger partial charge on any atom is 0.155 e. The molecule has 0 aromatic heterocycles. The monoisotopic (exact) mass is 292 g/mol. The van der Waals surface area contributed by atoms with Crippen LogP contribution >= 0.6 is 0 Å². The lowest BCUT2D eigenvalue weighted by Crippen LogP contribution is -2.34. The van der Waals surface area contributed by atoms with E-state index in [1.165, 1.54) is 19.3 Å². The largest absolute Gasteiger partial charge is 0.302 e. The van der Waals surface area contributed by atoms with E-state index in [9.17, 15) is 8.42 Å². The molecule has 0 aliphatic carbocycles. The van der Waals surface area contributed by atoms with Gasteiger partial charge in [0.15, 0.2) is 9.84 Å². The Morgan fingerprint density at radius 2 is 1.95 bits per heavy atom. The first-order valence-electron chi connectivity index (χ1n) is 7.01. The number of nitrogens with zero attached hydrogens (tertiary/aromatic N) is 2. The van der Waals surface area contributed by atoms with Crippen LogP contribution in [0.1, 0.15) is 30.4 Å². The van der Waals surface area contributed by atoms with E-state index in [0.717, 1.165) is 13.1 Å². The first-order chi connectivity index (χ1) is 9.59. The summed E-state index contributed by atoms with van der Waals surface area (Å²) in [6.45, 7) is 2.65. The van der Waals surface area contributed by atoms with Gasteiger partial charge in [-0.25, -0.2) is 8.42 Å². The van der Waals surface area contributed by atoms with Gasteiger partial charge in [-0.3, -0.25) is 0 Å². The number of likely N-dealkylation sites (tertiary alicyclic amines) is 1. The van der Waals surface area contributed by atoms with Crippen LogP contribution in [0.2, 0.25) is 0 Å². The molecule has 1 aliphatic rings. The Morgan fingerprint density at radius 1 is 1.20 bits per heavy atom. The van der Waals surface area contributed by atoms with Gasteiger partial charge in [0.05, 0.1) is 23.1 Å². The lowest BCUT2D eigenvalue weighted by Gasteiger charge is -2.26. The van der Waals surface area contributed by atoms with Gasteiger partial charge in [-0.1, -0.05) is 18.6 Å². The summed E-state index contributed by atoms with van der Waals surface area (Å²) >= 11 is 0. The summed E-state index contributed by atoms with van der Waals surface area (Å²) in [6.07, 6.45) is 3.60. The molecule has 108 valence electrons. The van der Waals surface area contributed by atoms with Crippen LogP contribution in [0, 0.1) is 11.3 Å². The molecule has 0 unspecified atom stereocenters. The highest BCUT2D eigenvalue weighted by Crippen LogP contribution is 2.12. The fourth-order valence-corrected chi connectivity index (χ4v) is 3.88. The molecule has 5 heteroatoms. The number of hydrogen-bond acceptors (Lipinski definition) is 4. The number of rotatable bonds is 5. The third-order valence-corrected chi connectivity index (χ3v) is 5.19. The zero-order valence-electron chi connectivity index (χ0n) is 11.6. The van der Waals surface area contributed by atoms with Crippen molar-refractivity contribution >= 4 is 9.84 Å². The van der Waals surface area contributed by atoms with E-state index >= 15 is 0 Å². The van der Waals surface area contributed by atoms with Gasteiger partial charge in [-0.05, 0) is 43.6 Å². The molecule has 2 rings (SSSR count). The van der Waals surface area contributed by atoms with Gasteiger partial charge < -0.3 is 4.90 Å². The zero-order valence-corrected chi connectivity index (χ0v) is 12.4. The summed E-state index contributed by atoms with van der Waals surface area (Å²) in [5, 5.41) is 8.83. The highest BCUT2D eigenvalue weighted by atomic mass is 32.2. The van der Waals surface area contributed by atoms with E-state index in [0.29, 0.717) is 17.7 Å². The van der Waals surface area contributed by atoms with Crippen molar-refractivity contribution in [2.45, 2.75) is 25.0 Å². The summed E-state index contributed by atoms with van der Waals surface area (Å²) in [5.74, 6) is 0.222. The molecule has 0 N–H and O–H groups in total. The highest BCUT2D eigenvalue weighted by Gasteiger charge is 2.16. The predicted molar refractivity (Wildman–Crippen MR) is 78.9 cm³/mol. The number of sulfone groups is 1. The van der Waals surface area contributed by atoms with Crippen LogP contribution in [0.4, 0.5) is 0 Å². The molecular weight excluding hydrogens is 272 g/mol. The third-order valence-electron chi connectivity index (χ3n) is 3.61. The molecule has 0 amide bonds. The van der Waals surface area contributed by atoms with Crippen LogP contribution in [0.3, 0.4) is 0 Å². The van der Waals surface area contributed by atoms with Crippen molar-refractivity contribution in [3.8, 4) is 6.07 Å². The number of nitriles is 1. The minimum absolute atomic E-state index is 0.0242. The topological polar surface area (TPSA) is 61.2 Å². The second kappa shape index (κ2) is 6.87. The third kappa shape index (κ3) is 4.62. The zero-order chi connectivity index (χ0) is 14.4. The van der Waals surface area contributed by atoms with Crippen LogP contribution in [0.25, 0.3) is 0 Å². The van der Waals surface area contributed by atoms with Crippen molar-refractivity contribution in [1.82, 2.24) is 4.90 Å². The van der Waals surface area contributed by atoms with Gasteiger partial charge in [0.25, 0.3) is 0 Å². The highest BCUT2D eigenvalue weighted by molar-refractivity contribution is 7.90. The molecule has 1 aliphatic heterocycles. The summed E-state index contributed by atoms with van der Waals surface area (Å²) in [4.78, 5) is 2.23. The fourth-order valence-electron chi connectivity index (χ4n) is 2.51. The molecule has 1 heterocycles. The lowest BCUT2D eigenvalue weighted by atomic mass is 10.1. The smallest absolute Gasteiger partial charge is 0.155 e. The van der Waals surface area contributed by atoms with E-state index in [-0.39, 0.29) is 11.5 Å². The van der Waals surface area contributed by atoms with E-state index < -0.39 is 9.84 Å². The normalized spacial score (nSPS) is 16.8. The van der Waals surface area contributed by atoms with E-state index in [1.54, 1.807) is 24.3 Å². The molecule has 0 spiro atoms. The van der Waals surface area contributed by atoms with Crippen molar-refractivity contribution < 1.29 is 8.42 Å². The first kappa shape index (κ1) is 15.0. The first-order valence-corrected chi connectivity index (χ1v) is 8.83. The van der Waals surface area contributed by atoms with Crippen LogP contribution < -0.4 is 0 Å². The van der Waals surface area contributed by atoms with E-state index in [4.69, 9.17) is 5.26 Å². The minimum Gasteiger partial charge on any atom is -0.302 e. The maximum absolute atomic E-state index is 12.1. The minimum atomic E-state index is -3.11. The van der Waals surface area contributed by atoms with Gasteiger partial charge in [0, 0.05) is 6.54 Å². The second-order valence-corrected chi connectivity index (χ2v) is 7.49. The van der Waals surface area contributed by atoms with Crippen molar-refractivity contribution in [3.05, 3.63) is 35.4 Å². The fraction of sp³-hybridized carbons (Fsp3) is 0.533. The predicted octanol–water partition coefficient (Wildman–Crippen LogP) is 1.96. The van der Waals surface area contributed by atoms with E-state index in [2.05, 4.69) is 4.90 Å². The Bertz CT molecular complexity index is 584. The van der Waals surface area contributed by atoms with E-state index in [1.807, 2.05) is 6.07 Å². The maximum atomic E-state index is 12.1. The Morgan fingerprint density at radius 3 is 2.65 bits per heavy atom. The van der Waals surface area contributed by atoms with Gasteiger partial charge >= 0.3 is 0 Å². The average Bonchev–Trinajstić information content (AvgIpc) is 2.46. The molecule has 0 saturated carbocycles. The number of benzene rings is 1. The molecule has 4 nitrogen and oxygen atoms in total. The summed E-state index contributed by atoms with van der Waals surface area (Å²) in [6, 6.07) is 8.86.